The SMILES string of the molecule is C=CC(=O)N1CCC(C(=O)NCc2ccc(OC)cn2)CC1. The van der Waals surface area contributed by atoms with E-state index in [1.807, 2.05) is 12.1 Å². The van der Waals surface area contributed by atoms with Crippen molar-refractivity contribution in [3.63, 3.8) is 0 Å². The molecule has 1 aliphatic rings. The van der Waals surface area contributed by atoms with Crippen LogP contribution < -0.4 is 10.1 Å². The van der Waals surface area contributed by atoms with Gasteiger partial charge in [-0.05, 0) is 31.1 Å². The number of piperidine rings is 1. The molecule has 0 radical (unpaired) electrons. The molecule has 0 atom stereocenters. The second kappa shape index (κ2) is 7.59. The van der Waals surface area contributed by atoms with Crippen molar-refractivity contribution in [2.75, 3.05) is 20.2 Å². The maximum atomic E-state index is 12.2. The fourth-order valence-corrected chi connectivity index (χ4v) is 2.45. The summed E-state index contributed by atoms with van der Waals surface area (Å²) in [4.78, 5) is 29.6. The first-order valence-corrected chi connectivity index (χ1v) is 7.32. The Hall–Kier alpha value is -2.37. The van der Waals surface area contributed by atoms with Gasteiger partial charge in [0.05, 0.1) is 25.5 Å². The summed E-state index contributed by atoms with van der Waals surface area (Å²) in [6.45, 7) is 5.08. The summed E-state index contributed by atoms with van der Waals surface area (Å²) in [5.74, 6) is 0.589. The monoisotopic (exact) mass is 303 g/mol. The molecule has 2 amide bonds. The van der Waals surface area contributed by atoms with Crippen molar-refractivity contribution in [1.82, 2.24) is 15.2 Å². The first-order chi connectivity index (χ1) is 10.6. The standard InChI is InChI=1S/C16H21N3O3/c1-3-15(20)19-8-6-12(7-9-19)16(21)18-10-13-4-5-14(22-2)11-17-13/h3-5,11-12H,1,6-10H2,2H3,(H,18,21). The van der Waals surface area contributed by atoms with Gasteiger partial charge in [0.25, 0.3) is 0 Å². The highest BCUT2D eigenvalue weighted by Gasteiger charge is 2.26. The van der Waals surface area contributed by atoms with Crippen LogP contribution in [0.5, 0.6) is 5.75 Å². The Morgan fingerprint density at radius 1 is 1.45 bits per heavy atom. The van der Waals surface area contributed by atoms with Gasteiger partial charge in [-0.3, -0.25) is 14.6 Å². The molecule has 118 valence electrons. The van der Waals surface area contributed by atoms with Crippen molar-refractivity contribution in [3.8, 4) is 5.75 Å². The minimum absolute atomic E-state index is 0.0170. The Morgan fingerprint density at radius 2 is 2.18 bits per heavy atom. The maximum absolute atomic E-state index is 12.2. The lowest BCUT2D eigenvalue weighted by Crippen LogP contribution is -2.42. The normalized spacial score (nSPS) is 15.2. The second-order valence-electron chi connectivity index (χ2n) is 5.21. The number of pyridine rings is 1. The van der Waals surface area contributed by atoms with Gasteiger partial charge < -0.3 is 15.0 Å². The van der Waals surface area contributed by atoms with Crippen LogP contribution in [0.15, 0.2) is 31.0 Å². The summed E-state index contributed by atoms with van der Waals surface area (Å²) in [6, 6.07) is 3.64. The quantitative estimate of drug-likeness (QED) is 0.828. The maximum Gasteiger partial charge on any atom is 0.245 e. The number of nitrogens with one attached hydrogen (secondary N) is 1. The molecule has 22 heavy (non-hydrogen) atoms. The number of methoxy groups -OCH3 is 1. The molecule has 6 nitrogen and oxygen atoms in total. The lowest BCUT2D eigenvalue weighted by atomic mass is 9.96. The Kier molecular flexibility index (Phi) is 5.52. The number of carbonyl (C=O) groups excluding carboxylic acids is 2. The summed E-state index contributed by atoms with van der Waals surface area (Å²) < 4.78 is 5.04. The molecular formula is C16H21N3O3. The van der Waals surface area contributed by atoms with Gasteiger partial charge in [-0.25, -0.2) is 0 Å². The highest BCUT2D eigenvalue weighted by Crippen LogP contribution is 2.17. The molecular weight excluding hydrogens is 282 g/mol. The van der Waals surface area contributed by atoms with E-state index in [0.717, 1.165) is 5.69 Å². The van der Waals surface area contributed by atoms with Crippen LogP contribution in [0.3, 0.4) is 0 Å². The van der Waals surface area contributed by atoms with Crippen LogP contribution in [-0.2, 0) is 16.1 Å². The van der Waals surface area contributed by atoms with Crippen molar-refractivity contribution >= 4 is 11.8 Å². The van der Waals surface area contributed by atoms with Crippen LogP contribution in [0, 0.1) is 5.92 Å². The zero-order valence-corrected chi connectivity index (χ0v) is 12.7. The fraction of sp³-hybridized carbons (Fsp3) is 0.438. The third kappa shape index (κ3) is 4.07. The Bertz CT molecular complexity index is 534. The zero-order valence-electron chi connectivity index (χ0n) is 12.7. The molecule has 0 aromatic carbocycles. The van der Waals surface area contributed by atoms with Gasteiger partial charge in [-0.1, -0.05) is 6.58 Å². The van der Waals surface area contributed by atoms with Crippen LogP contribution in [0.2, 0.25) is 0 Å². The molecule has 1 saturated heterocycles. The molecule has 0 aliphatic carbocycles. The largest absolute Gasteiger partial charge is 0.495 e. The lowest BCUT2D eigenvalue weighted by molar-refractivity contribution is -0.132. The van der Waals surface area contributed by atoms with Crippen molar-refractivity contribution in [1.29, 1.82) is 0 Å². The predicted molar refractivity (Wildman–Crippen MR) is 82.1 cm³/mol. The number of hydrogen-bond donors (Lipinski definition) is 1. The molecule has 6 heteroatoms. The van der Waals surface area contributed by atoms with E-state index >= 15 is 0 Å². The highest BCUT2D eigenvalue weighted by atomic mass is 16.5. The number of carbonyl (C=O) groups is 2. The predicted octanol–water partition coefficient (Wildman–Crippen LogP) is 1.13. The average molecular weight is 303 g/mol. The van der Waals surface area contributed by atoms with Gasteiger partial charge in [0, 0.05) is 19.0 Å². The van der Waals surface area contributed by atoms with Gasteiger partial charge in [-0.2, -0.15) is 0 Å². The Morgan fingerprint density at radius 3 is 2.73 bits per heavy atom. The van der Waals surface area contributed by atoms with E-state index in [1.165, 1.54) is 6.08 Å². The van der Waals surface area contributed by atoms with Crippen LogP contribution in [0.1, 0.15) is 18.5 Å². The number of ether oxygens (including phenoxy) is 1. The number of aromatic nitrogens is 1. The zero-order chi connectivity index (χ0) is 15.9. The van der Waals surface area contributed by atoms with Crippen LogP contribution >= 0.6 is 0 Å². The topological polar surface area (TPSA) is 71.5 Å². The third-order valence-electron chi connectivity index (χ3n) is 3.83. The van der Waals surface area contributed by atoms with Gasteiger partial charge in [0.2, 0.25) is 11.8 Å². The van der Waals surface area contributed by atoms with E-state index in [2.05, 4.69) is 16.9 Å². The summed E-state index contributed by atoms with van der Waals surface area (Å²) in [5, 5.41) is 2.90. The lowest BCUT2D eigenvalue weighted by Gasteiger charge is -2.30. The van der Waals surface area contributed by atoms with E-state index in [4.69, 9.17) is 4.74 Å². The molecule has 0 spiro atoms. The Labute approximate surface area is 130 Å². The molecule has 1 fully saturated rings. The Balaban J connectivity index is 1.78. The number of hydrogen-bond acceptors (Lipinski definition) is 4. The summed E-state index contributed by atoms with van der Waals surface area (Å²) >= 11 is 0. The van der Waals surface area contributed by atoms with Gasteiger partial charge >= 0.3 is 0 Å². The van der Waals surface area contributed by atoms with E-state index in [0.29, 0.717) is 38.2 Å². The van der Waals surface area contributed by atoms with E-state index in [-0.39, 0.29) is 17.7 Å². The molecule has 1 aromatic heterocycles. The number of nitrogens with zero attached hydrogens (tertiary/aromatic N) is 2. The average Bonchev–Trinajstić information content (AvgIpc) is 2.59. The molecule has 1 aromatic rings. The summed E-state index contributed by atoms with van der Waals surface area (Å²) in [6.07, 6.45) is 4.31. The first kappa shape index (κ1) is 16.0. The summed E-state index contributed by atoms with van der Waals surface area (Å²) in [5.41, 5.74) is 0.786. The van der Waals surface area contributed by atoms with Crippen molar-refractivity contribution in [3.05, 3.63) is 36.7 Å². The minimum atomic E-state index is -0.0682. The molecule has 1 N–H and O–H groups in total. The van der Waals surface area contributed by atoms with E-state index in [9.17, 15) is 9.59 Å². The van der Waals surface area contributed by atoms with Crippen molar-refractivity contribution < 1.29 is 14.3 Å². The van der Waals surface area contributed by atoms with Gasteiger partial charge in [0.15, 0.2) is 0 Å². The van der Waals surface area contributed by atoms with Crippen LogP contribution in [0.4, 0.5) is 0 Å². The van der Waals surface area contributed by atoms with Crippen LogP contribution in [0.25, 0.3) is 0 Å². The number of likely N-dealkylation sites (tertiary alicyclic amines) is 1. The van der Waals surface area contributed by atoms with E-state index < -0.39 is 0 Å². The molecule has 1 aliphatic heterocycles. The molecule has 2 heterocycles. The highest BCUT2D eigenvalue weighted by molar-refractivity contribution is 5.87. The fourth-order valence-electron chi connectivity index (χ4n) is 2.45. The van der Waals surface area contributed by atoms with Crippen molar-refractivity contribution in [2.45, 2.75) is 19.4 Å². The smallest absolute Gasteiger partial charge is 0.245 e. The van der Waals surface area contributed by atoms with Crippen molar-refractivity contribution in [2.24, 2.45) is 5.92 Å². The summed E-state index contributed by atoms with van der Waals surface area (Å²) in [7, 11) is 1.59. The second-order valence-corrected chi connectivity index (χ2v) is 5.21. The molecule has 0 saturated carbocycles. The van der Waals surface area contributed by atoms with Gasteiger partial charge in [-0.15, -0.1) is 0 Å². The molecule has 2 rings (SSSR count). The number of amides is 2. The third-order valence-corrected chi connectivity index (χ3v) is 3.83. The molecule has 0 unspecified atom stereocenters. The van der Waals surface area contributed by atoms with E-state index in [1.54, 1.807) is 18.2 Å². The number of rotatable bonds is 5. The van der Waals surface area contributed by atoms with Gasteiger partial charge in [0.1, 0.15) is 5.75 Å². The van der Waals surface area contributed by atoms with Crippen LogP contribution in [-0.4, -0.2) is 41.9 Å². The first-order valence-electron chi connectivity index (χ1n) is 7.32. The minimum Gasteiger partial charge on any atom is -0.495 e. The molecule has 0 bridgehead atoms.